The van der Waals surface area contributed by atoms with Gasteiger partial charge in [-0.1, -0.05) is 0 Å². The first kappa shape index (κ1) is 21.8. The molecule has 4 bridgehead atoms. The number of carbonyl (C=O) groups excluding carboxylic acids is 1. The van der Waals surface area contributed by atoms with Crippen LogP contribution in [0.3, 0.4) is 0 Å². The van der Waals surface area contributed by atoms with Gasteiger partial charge < -0.3 is 0 Å². The van der Waals surface area contributed by atoms with Gasteiger partial charge in [0.1, 0.15) is 0 Å². The van der Waals surface area contributed by atoms with Crippen molar-refractivity contribution in [2.45, 2.75) is 67.1 Å². The number of allylic oxidation sites excluding steroid dienone is 2. The van der Waals surface area contributed by atoms with Crippen LogP contribution in [0.25, 0.3) is 5.57 Å². The molecule has 30 heavy (non-hydrogen) atoms. The summed E-state index contributed by atoms with van der Waals surface area (Å²) in [4.78, 5) is 14.2. The van der Waals surface area contributed by atoms with E-state index in [1.807, 2.05) is 0 Å². The van der Waals surface area contributed by atoms with Crippen molar-refractivity contribution in [3.63, 3.8) is 0 Å². The Morgan fingerprint density at radius 3 is 2.07 bits per heavy atom. The van der Waals surface area contributed by atoms with E-state index in [1.165, 1.54) is 41.5 Å². The van der Waals surface area contributed by atoms with Gasteiger partial charge >= 0.3 is 188 Å². The molecular weight excluding hydrogens is 465 g/mol. The Labute approximate surface area is 187 Å². The third-order valence-electron chi connectivity index (χ3n) is 9.10. The summed E-state index contributed by atoms with van der Waals surface area (Å²) in [6.07, 6.45) is 7.05. The Kier molecular flexibility index (Phi) is 3.89. The number of fused-ring (bicyclic) bond motifs is 1. The van der Waals surface area contributed by atoms with Crippen LogP contribution in [0, 0.1) is 23.2 Å². The SMILES string of the molecule is CC1=C(C)[CH]([Ti]([CH3])([CH3])([SiH3])([Cl])([Cl])[NH]C(=O)C23CC4CC(CC(C4)C2)C3)c2ccccc21. The zero-order valence-corrected chi connectivity index (χ0v) is 24.1. The van der Waals surface area contributed by atoms with Gasteiger partial charge in [0, 0.05) is 0 Å². The van der Waals surface area contributed by atoms with E-state index in [-0.39, 0.29) is 15.5 Å². The number of nitrogens with one attached hydrogen (secondary N) is 1. The fraction of sp³-hybridized carbons (Fsp3) is 0.625. The van der Waals surface area contributed by atoms with E-state index in [0.717, 1.165) is 37.0 Å². The number of carbonyl (C=O) groups is 1. The molecule has 4 fully saturated rings. The van der Waals surface area contributed by atoms with Crippen LogP contribution >= 0.6 is 18.6 Å². The molecular formula is C24H36Cl2NOSiTi. The van der Waals surface area contributed by atoms with Gasteiger partial charge in [-0.15, -0.1) is 0 Å². The molecule has 165 valence electrons. The molecule has 6 rings (SSSR count). The second-order valence-electron chi connectivity index (χ2n) is 13.9. The molecule has 1 N–H and O–H groups in total. The van der Waals surface area contributed by atoms with Crippen LogP contribution in [0.2, 0.25) is 10.5 Å². The monoisotopic (exact) mass is 500 g/mol. The second-order valence-corrected chi connectivity index (χ2v) is 67.5. The Morgan fingerprint density at radius 1 is 1.03 bits per heavy atom. The van der Waals surface area contributed by atoms with Crippen LogP contribution in [0.1, 0.15) is 67.7 Å². The Balaban J connectivity index is 1.59. The van der Waals surface area contributed by atoms with Crippen molar-refractivity contribution >= 4 is 38.2 Å². The molecule has 4 saturated carbocycles. The van der Waals surface area contributed by atoms with E-state index >= 15 is 0 Å². The topological polar surface area (TPSA) is 29.1 Å². The molecule has 6 heteroatoms. The van der Waals surface area contributed by atoms with Crippen molar-refractivity contribution < 1.29 is 14.9 Å². The summed E-state index contributed by atoms with van der Waals surface area (Å²) in [6, 6.07) is 8.47. The van der Waals surface area contributed by atoms with E-state index in [9.17, 15) is 4.79 Å². The first-order valence-electron chi connectivity index (χ1n) is 11.8. The number of hydrogen-bond donors (Lipinski definition) is 1. The molecule has 0 aromatic heterocycles. The number of hydrogen-bond acceptors (Lipinski definition) is 1. The van der Waals surface area contributed by atoms with Gasteiger partial charge in [-0.25, -0.2) is 0 Å². The molecule has 2 nitrogen and oxygen atoms in total. The van der Waals surface area contributed by atoms with Crippen LogP contribution < -0.4 is 3.80 Å². The van der Waals surface area contributed by atoms with Gasteiger partial charge in [-0.2, -0.15) is 0 Å². The summed E-state index contributed by atoms with van der Waals surface area (Å²) in [6.45, 7) is 4.33. The maximum atomic E-state index is 14.2. The molecule has 1 atom stereocenters. The fourth-order valence-electron chi connectivity index (χ4n) is 8.42. The third kappa shape index (κ3) is 3.17. The summed E-state index contributed by atoms with van der Waals surface area (Å²) >= 11 is 0. The molecule has 0 spiro atoms. The zero-order chi connectivity index (χ0) is 21.9. The van der Waals surface area contributed by atoms with Crippen molar-refractivity contribution in [2.75, 3.05) is 0 Å². The average Bonchev–Trinajstić information content (AvgIpc) is 2.84. The summed E-state index contributed by atoms with van der Waals surface area (Å²) in [5.41, 5.74) is 4.66. The van der Waals surface area contributed by atoms with Crippen molar-refractivity contribution in [1.29, 1.82) is 0 Å². The average molecular weight is 501 g/mol. The number of amides is 1. The molecule has 0 heterocycles. The molecule has 5 aliphatic rings. The number of benzene rings is 1. The van der Waals surface area contributed by atoms with Gasteiger partial charge in [-0.3, -0.25) is 0 Å². The number of rotatable bonds is 3. The molecule has 0 radical (unpaired) electrons. The van der Waals surface area contributed by atoms with Gasteiger partial charge in [0.25, 0.3) is 0 Å². The van der Waals surface area contributed by atoms with E-state index < -0.39 is 10.1 Å². The van der Waals surface area contributed by atoms with Gasteiger partial charge in [0.15, 0.2) is 0 Å². The molecule has 0 aliphatic heterocycles. The number of halogens is 2. The summed E-state index contributed by atoms with van der Waals surface area (Å²) in [5, 5.41) is 4.13. The quantitative estimate of drug-likeness (QED) is 0.489. The van der Waals surface area contributed by atoms with Gasteiger partial charge in [-0.05, 0) is 0 Å². The fourth-order valence-corrected chi connectivity index (χ4v) is 23.3. The Hall–Kier alpha value is -0.0588. The normalized spacial score (nSPS) is 38.5. The third-order valence-corrected chi connectivity index (χ3v) is 22.1. The van der Waals surface area contributed by atoms with Crippen molar-refractivity contribution in [1.82, 2.24) is 3.80 Å². The first-order chi connectivity index (χ1) is 13.5. The molecule has 1 aromatic rings. The summed E-state index contributed by atoms with van der Waals surface area (Å²) < 4.78 is 3.46. The van der Waals surface area contributed by atoms with E-state index in [2.05, 4.69) is 52.4 Å². The Bertz CT molecular complexity index is 997. The van der Waals surface area contributed by atoms with E-state index in [0.29, 0.717) is 8.11 Å². The van der Waals surface area contributed by atoms with Crippen molar-refractivity contribution in [2.24, 2.45) is 23.2 Å². The molecule has 1 aromatic carbocycles. The summed E-state index contributed by atoms with van der Waals surface area (Å²) in [5.74, 6) is 2.32. The van der Waals surface area contributed by atoms with Crippen LogP contribution in [0.4, 0.5) is 0 Å². The zero-order valence-electron chi connectivity index (χ0n) is 19.0. The minimum absolute atomic E-state index is 0.119. The predicted octanol–water partition coefficient (Wildman–Crippen LogP) is 6.23. The van der Waals surface area contributed by atoms with Crippen LogP contribution in [-0.4, -0.2) is 14.0 Å². The molecule has 1 amide bonds. The maximum absolute atomic E-state index is 14.2. The van der Waals surface area contributed by atoms with E-state index in [1.54, 1.807) is 0 Å². The van der Waals surface area contributed by atoms with Crippen molar-refractivity contribution in [3.05, 3.63) is 41.0 Å². The molecule has 5 aliphatic carbocycles. The van der Waals surface area contributed by atoms with Gasteiger partial charge in [0.2, 0.25) is 0 Å². The second kappa shape index (κ2) is 5.36. The van der Waals surface area contributed by atoms with E-state index in [4.69, 9.17) is 18.6 Å². The van der Waals surface area contributed by atoms with Crippen molar-refractivity contribution in [3.8, 4) is 0 Å². The van der Waals surface area contributed by atoms with Crippen LogP contribution in [-0.2, 0) is 14.9 Å². The summed E-state index contributed by atoms with van der Waals surface area (Å²) in [7, 11) is 10.8. The van der Waals surface area contributed by atoms with Crippen LogP contribution in [0.15, 0.2) is 29.8 Å². The molecule has 1 unspecified atom stereocenters. The first-order valence-corrected chi connectivity index (χ1v) is 26.5. The molecule has 0 saturated heterocycles. The van der Waals surface area contributed by atoms with Crippen LogP contribution in [0.5, 0.6) is 0 Å². The predicted molar refractivity (Wildman–Crippen MR) is 130 cm³/mol. The standard InChI is InChI=1S/C11H17NO.C11H11.2CH3.2ClH.H3Si.Ti/c12-10(13)11-4-7-1-8(5-11)3-9(2-7)6-11;1-8-7-10-5-3-4-6-11(10)9(8)2;;;;;;/h7-9H,1-6H2,(H2,12,13);3-7H,1-2H3;2*1H3;2*1H;1H3;/q;;;;;;;+3/p-3. The Morgan fingerprint density at radius 2 is 1.53 bits per heavy atom. The minimum atomic E-state index is -5.48. The van der Waals surface area contributed by atoms with Gasteiger partial charge in [0.05, 0.1) is 0 Å².